The molecule has 0 heterocycles. The Morgan fingerprint density at radius 3 is 2.45 bits per heavy atom. The lowest BCUT2D eigenvalue weighted by atomic mass is 9.92. The normalized spacial score (nSPS) is 16.4. The summed E-state index contributed by atoms with van der Waals surface area (Å²) in [6.45, 7) is 27.4. The molecule has 234 valence electrons. The highest BCUT2D eigenvalue weighted by Crippen LogP contribution is 2.22. The number of hydrogen-bond donors (Lipinski definition) is 0. The molecule has 1 aromatic carbocycles. The minimum atomic E-state index is 0.261. The molecule has 0 fully saturated rings. The van der Waals surface area contributed by atoms with Crippen molar-refractivity contribution in [2.45, 2.75) is 53.9 Å². The Balaban J connectivity index is 2.02. The van der Waals surface area contributed by atoms with Crippen molar-refractivity contribution in [1.29, 1.82) is 0 Å². The van der Waals surface area contributed by atoms with Gasteiger partial charge in [0.05, 0.1) is 0 Å². The van der Waals surface area contributed by atoms with E-state index in [1.165, 1.54) is 24.0 Å². The van der Waals surface area contributed by atoms with Gasteiger partial charge in [-0.25, -0.2) is 0 Å². The van der Waals surface area contributed by atoms with E-state index in [4.69, 9.17) is 4.99 Å². The second kappa shape index (κ2) is 20.1. The number of rotatable bonds is 18. The van der Waals surface area contributed by atoms with Gasteiger partial charge in [-0.3, -0.25) is 9.89 Å². The van der Waals surface area contributed by atoms with Crippen LogP contribution in [0.3, 0.4) is 0 Å². The number of aryl methyl sites for hydroxylation is 1. The molecule has 3 heteroatoms. The van der Waals surface area contributed by atoms with Crippen LogP contribution in [0.15, 0.2) is 144 Å². The minimum Gasteiger partial charge on any atom is -0.371 e. The molecule has 0 spiro atoms. The Morgan fingerprint density at radius 1 is 1.05 bits per heavy atom. The van der Waals surface area contributed by atoms with Crippen LogP contribution in [0, 0.1) is 12.8 Å². The minimum absolute atomic E-state index is 0.261. The zero-order chi connectivity index (χ0) is 32.3. The van der Waals surface area contributed by atoms with Gasteiger partial charge in [-0.2, -0.15) is 0 Å². The SMILES string of the molecule is C=CC(=C\N=C(C)[C@H]1C=C(CN(C)C(=C)/C=C\C(=C)c2cccc(C)c2)C=CC1)/C(/C=C\C=C\CN(CCC)CCC)=C/C. The van der Waals surface area contributed by atoms with E-state index in [1.807, 2.05) is 24.4 Å². The van der Waals surface area contributed by atoms with Gasteiger partial charge in [-0.05, 0) is 87.1 Å². The van der Waals surface area contributed by atoms with Crippen LogP contribution in [0.25, 0.3) is 5.57 Å². The van der Waals surface area contributed by atoms with Crippen molar-refractivity contribution >= 4 is 11.3 Å². The van der Waals surface area contributed by atoms with Gasteiger partial charge < -0.3 is 4.90 Å². The molecule has 0 amide bonds. The first kappa shape index (κ1) is 36.2. The fourth-order valence-electron chi connectivity index (χ4n) is 5.03. The Bertz CT molecular complexity index is 1350. The van der Waals surface area contributed by atoms with Gasteiger partial charge in [0, 0.05) is 43.7 Å². The highest BCUT2D eigenvalue weighted by molar-refractivity contribution is 5.87. The topological polar surface area (TPSA) is 18.8 Å². The highest BCUT2D eigenvalue weighted by atomic mass is 15.1. The quantitative estimate of drug-likeness (QED) is 0.125. The van der Waals surface area contributed by atoms with Crippen molar-refractivity contribution in [1.82, 2.24) is 9.80 Å². The van der Waals surface area contributed by atoms with Crippen molar-refractivity contribution in [2.75, 3.05) is 33.2 Å². The van der Waals surface area contributed by atoms with Gasteiger partial charge in [0.1, 0.15) is 0 Å². The zero-order valence-corrected chi connectivity index (χ0v) is 28.2. The first-order valence-corrected chi connectivity index (χ1v) is 16.0. The van der Waals surface area contributed by atoms with E-state index in [2.05, 4.69) is 144 Å². The fourth-order valence-corrected chi connectivity index (χ4v) is 5.03. The Morgan fingerprint density at radius 2 is 1.80 bits per heavy atom. The molecule has 2 rings (SSSR count). The molecule has 1 aliphatic carbocycles. The van der Waals surface area contributed by atoms with Gasteiger partial charge in [0.15, 0.2) is 0 Å². The molecule has 0 radical (unpaired) electrons. The van der Waals surface area contributed by atoms with Crippen LogP contribution in [0.5, 0.6) is 0 Å². The smallest absolute Gasteiger partial charge is 0.0422 e. The van der Waals surface area contributed by atoms with Crippen LogP contribution >= 0.6 is 0 Å². The molecule has 0 unspecified atom stereocenters. The second-order valence-electron chi connectivity index (χ2n) is 11.5. The number of aliphatic imine (C=N–C) groups is 1. The predicted octanol–water partition coefficient (Wildman–Crippen LogP) is 10.2. The number of allylic oxidation sites excluding steroid dienone is 12. The maximum atomic E-state index is 4.88. The summed E-state index contributed by atoms with van der Waals surface area (Å²) in [5.74, 6) is 0.261. The van der Waals surface area contributed by atoms with Crippen LogP contribution in [0.2, 0.25) is 0 Å². The van der Waals surface area contributed by atoms with E-state index in [0.717, 1.165) is 66.3 Å². The summed E-state index contributed by atoms with van der Waals surface area (Å²) in [5, 5.41) is 0. The lowest BCUT2D eigenvalue weighted by Crippen LogP contribution is -2.25. The van der Waals surface area contributed by atoms with Crippen molar-refractivity contribution in [3.05, 3.63) is 151 Å². The predicted molar refractivity (Wildman–Crippen MR) is 197 cm³/mol. The van der Waals surface area contributed by atoms with Crippen LogP contribution in [-0.2, 0) is 0 Å². The van der Waals surface area contributed by atoms with Crippen molar-refractivity contribution in [2.24, 2.45) is 10.9 Å². The van der Waals surface area contributed by atoms with Crippen molar-refractivity contribution in [3.63, 3.8) is 0 Å². The number of nitrogens with zero attached hydrogens (tertiary/aromatic N) is 3. The van der Waals surface area contributed by atoms with Gasteiger partial charge in [-0.1, -0.05) is 124 Å². The van der Waals surface area contributed by atoms with E-state index >= 15 is 0 Å². The first-order valence-electron chi connectivity index (χ1n) is 16.0. The summed E-state index contributed by atoms with van der Waals surface area (Å²) < 4.78 is 0. The summed E-state index contributed by atoms with van der Waals surface area (Å²) in [6.07, 6.45) is 28.8. The molecule has 1 aromatic rings. The second-order valence-corrected chi connectivity index (χ2v) is 11.5. The summed E-state index contributed by atoms with van der Waals surface area (Å²) in [5.41, 5.74) is 8.76. The van der Waals surface area contributed by atoms with Gasteiger partial charge in [0.25, 0.3) is 0 Å². The monoisotopic (exact) mass is 589 g/mol. The fraction of sp³-hybridized carbons (Fsp3) is 0.341. The van der Waals surface area contributed by atoms with Crippen LogP contribution in [-0.4, -0.2) is 48.7 Å². The molecule has 1 aliphatic rings. The molecule has 44 heavy (non-hydrogen) atoms. The van der Waals surface area contributed by atoms with E-state index in [-0.39, 0.29) is 5.92 Å². The average molecular weight is 590 g/mol. The molecule has 0 saturated carbocycles. The summed E-state index contributed by atoms with van der Waals surface area (Å²) in [7, 11) is 2.08. The largest absolute Gasteiger partial charge is 0.371 e. The summed E-state index contributed by atoms with van der Waals surface area (Å²) >= 11 is 0. The molecule has 1 atom stereocenters. The zero-order valence-electron chi connectivity index (χ0n) is 28.2. The molecule has 0 aromatic heterocycles. The van der Waals surface area contributed by atoms with Gasteiger partial charge in [0.2, 0.25) is 0 Å². The van der Waals surface area contributed by atoms with Crippen LogP contribution in [0.1, 0.15) is 58.1 Å². The van der Waals surface area contributed by atoms with E-state index in [0.29, 0.717) is 0 Å². The number of hydrogen-bond acceptors (Lipinski definition) is 3. The highest BCUT2D eigenvalue weighted by Gasteiger charge is 2.14. The van der Waals surface area contributed by atoms with E-state index < -0.39 is 0 Å². The molecule has 0 aliphatic heterocycles. The van der Waals surface area contributed by atoms with Crippen molar-refractivity contribution < 1.29 is 0 Å². The third-order valence-corrected chi connectivity index (χ3v) is 7.69. The number of likely N-dealkylation sites (N-methyl/N-ethyl adjacent to an activating group) is 1. The first-order chi connectivity index (χ1) is 21.2. The molecule has 3 nitrogen and oxygen atoms in total. The maximum absolute atomic E-state index is 4.88. The summed E-state index contributed by atoms with van der Waals surface area (Å²) in [6, 6.07) is 8.40. The summed E-state index contributed by atoms with van der Waals surface area (Å²) in [4.78, 5) is 9.54. The molecule has 0 saturated heterocycles. The molecule has 0 N–H and O–H groups in total. The van der Waals surface area contributed by atoms with Gasteiger partial charge in [-0.15, -0.1) is 0 Å². The Kier molecular flexibility index (Phi) is 16.5. The number of benzene rings is 1. The third kappa shape index (κ3) is 12.7. The van der Waals surface area contributed by atoms with E-state index in [1.54, 1.807) is 0 Å². The van der Waals surface area contributed by atoms with E-state index in [9.17, 15) is 0 Å². The molecular formula is C41H55N3. The lowest BCUT2D eigenvalue weighted by Gasteiger charge is -2.23. The van der Waals surface area contributed by atoms with Crippen molar-refractivity contribution in [3.8, 4) is 0 Å². The standard InChI is InChI=1S/C41H55N3/c1-10-26-44(27-11-2)28-16-14-15-21-38(12-3)39(13-4)31-42-36(8)41-23-18-20-37(30-41)32-43(9)35(7)25-24-34(6)40-22-17-19-33(5)29-40/h12-22,24-25,29-31,41H,4,6-7,10-11,23,26-28,32H2,1-3,5,8-9H3/b16-14+,21-15-,25-24-,38-12+,39-31+,42-36?/t41-/m1/s1. The third-order valence-electron chi connectivity index (χ3n) is 7.69. The van der Waals surface area contributed by atoms with Gasteiger partial charge >= 0.3 is 0 Å². The molecule has 0 bridgehead atoms. The lowest BCUT2D eigenvalue weighted by molar-refractivity contribution is 0.303. The van der Waals surface area contributed by atoms with Crippen LogP contribution in [0.4, 0.5) is 0 Å². The maximum Gasteiger partial charge on any atom is 0.0422 e. The average Bonchev–Trinajstić information content (AvgIpc) is 3.02. The Hall–Kier alpha value is -3.95. The molecular weight excluding hydrogens is 534 g/mol. The Labute approximate surface area is 269 Å². The van der Waals surface area contributed by atoms with Crippen LogP contribution < -0.4 is 0 Å².